The molecule has 154 valence electrons. The van der Waals surface area contributed by atoms with Crippen molar-refractivity contribution in [2.24, 2.45) is 5.41 Å². The second kappa shape index (κ2) is 21.8. The molecular formula is C20H44O5. The van der Waals surface area contributed by atoms with Crippen LogP contribution in [-0.4, -0.2) is 58.6 Å². The summed E-state index contributed by atoms with van der Waals surface area (Å²) in [4.78, 5) is 0. The van der Waals surface area contributed by atoms with Crippen LogP contribution in [0.1, 0.15) is 90.4 Å². The van der Waals surface area contributed by atoms with E-state index >= 15 is 0 Å². The van der Waals surface area contributed by atoms with Gasteiger partial charge < -0.3 is 25.5 Å². The molecule has 0 saturated carbocycles. The molecule has 25 heavy (non-hydrogen) atoms. The minimum atomic E-state index is -0.708. The molecule has 0 saturated heterocycles. The lowest BCUT2D eigenvalue weighted by Gasteiger charge is -2.20. The monoisotopic (exact) mass is 364 g/mol. The first kappa shape index (κ1) is 27.0. The van der Waals surface area contributed by atoms with E-state index in [9.17, 15) is 0 Å². The molecule has 0 bridgehead atoms. The standard InChI is InChI=1S/C15H32O2.C5H12O3/c16-14-12-10-8-6-4-2-1-3-5-7-9-11-13-15-17;1-5(2-6,3-7)4-8/h16-17H,1-15H2;6-8H,2-4H2,1H3. The number of aliphatic hydroxyl groups excluding tert-OH is 5. The van der Waals surface area contributed by atoms with E-state index in [0.717, 1.165) is 12.8 Å². The summed E-state index contributed by atoms with van der Waals surface area (Å²) in [5.41, 5.74) is -0.708. The Morgan fingerprint density at radius 1 is 0.400 bits per heavy atom. The third-order valence-electron chi connectivity index (χ3n) is 4.46. The second-order valence-corrected chi connectivity index (χ2v) is 7.33. The predicted octanol–water partition coefficient (Wildman–Crippen LogP) is 3.01. The molecule has 5 nitrogen and oxygen atoms in total. The molecule has 0 aromatic carbocycles. The quantitative estimate of drug-likeness (QED) is 0.255. The van der Waals surface area contributed by atoms with E-state index in [1.54, 1.807) is 6.92 Å². The minimum Gasteiger partial charge on any atom is -0.396 e. The van der Waals surface area contributed by atoms with Crippen LogP contribution in [0.2, 0.25) is 0 Å². The van der Waals surface area contributed by atoms with Gasteiger partial charge in [-0.25, -0.2) is 0 Å². The molecule has 5 N–H and O–H groups in total. The van der Waals surface area contributed by atoms with Gasteiger partial charge in [0.1, 0.15) is 0 Å². The van der Waals surface area contributed by atoms with Crippen LogP contribution in [0.5, 0.6) is 0 Å². The molecule has 0 aromatic rings. The summed E-state index contributed by atoms with van der Waals surface area (Å²) in [6.07, 6.45) is 16.5. The van der Waals surface area contributed by atoms with Gasteiger partial charge >= 0.3 is 0 Å². The first-order valence-corrected chi connectivity index (χ1v) is 10.1. The highest BCUT2D eigenvalue weighted by Crippen LogP contribution is 2.12. The first-order chi connectivity index (χ1) is 12.1. The van der Waals surface area contributed by atoms with Crippen molar-refractivity contribution in [3.63, 3.8) is 0 Å². The Morgan fingerprint density at radius 3 is 0.720 bits per heavy atom. The van der Waals surface area contributed by atoms with E-state index in [0.29, 0.717) is 13.2 Å². The summed E-state index contributed by atoms with van der Waals surface area (Å²) in [5.74, 6) is 0. The summed E-state index contributed by atoms with van der Waals surface area (Å²) in [6.45, 7) is 1.78. The highest BCUT2D eigenvalue weighted by atomic mass is 16.3. The second-order valence-electron chi connectivity index (χ2n) is 7.33. The Balaban J connectivity index is 0. The van der Waals surface area contributed by atoms with Crippen molar-refractivity contribution in [1.82, 2.24) is 0 Å². The van der Waals surface area contributed by atoms with Crippen LogP contribution in [0.4, 0.5) is 0 Å². The van der Waals surface area contributed by atoms with E-state index < -0.39 is 5.41 Å². The SMILES string of the molecule is CC(CO)(CO)CO.OCCCCCCCCCCCCCCCO. The Labute approximate surface area is 155 Å². The zero-order chi connectivity index (χ0) is 19.2. The molecule has 0 atom stereocenters. The molecule has 0 radical (unpaired) electrons. The lowest BCUT2D eigenvalue weighted by molar-refractivity contribution is 0.0200. The van der Waals surface area contributed by atoms with Crippen LogP contribution in [0.25, 0.3) is 0 Å². The van der Waals surface area contributed by atoms with Gasteiger partial charge in [0.15, 0.2) is 0 Å². The van der Waals surface area contributed by atoms with Crippen LogP contribution >= 0.6 is 0 Å². The molecule has 0 rings (SSSR count). The van der Waals surface area contributed by atoms with Crippen molar-refractivity contribution in [1.29, 1.82) is 0 Å². The van der Waals surface area contributed by atoms with E-state index in [-0.39, 0.29) is 19.8 Å². The van der Waals surface area contributed by atoms with Crippen molar-refractivity contribution in [2.75, 3.05) is 33.0 Å². The minimum absolute atomic E-state index is 0.181. The van der Waals surface area contributed by atoms with Crippen molar-refractivity contribution >= 4 is 0 Å². The van der Waals surface area contributed by atoms with Crippen molar-refractivity contribution < 1.29 is 25.5 Å². The third kappa shape index (κ3) is 21.8. The van der Waals surface area contributed by atoms with E-state index in [1.807, 2.05) is 0 Å². The Bertz CT molecular complexity index is 210. The average Bonchev–Trinajstić information content (AvgIpc) is 2.65. The zero-order valence-electron chi connectivity index (χ0n) is 16.5. The van der Waals surface area contributed by atoms with Gasteiger partial charge in [0.2, 0.25) is 0 Å². The summed E-state index contributed by atoms with van der Waals surface area (Å²) < 4.78 is 0. The third-order valence-corrected chi connectivity index (χ3v) is 4.46. The van der Waals surface area contributed by atoms with Gasteiger partial charge in [-0.15, -0.1) is 0 Å². The van der Waals surface area contributed by atoms with Gasteiger partial charge in [0.25, 0.3) is 0 Å². The molecule has 0 unspecified atom stereocenters. The van der Waals surface area contributed by atoms with Gasteiger partial charge in [-0.05, 0) is 12.8 Å². The summed E-state index contributed by atoms with van der Waals surface area (Å²) >= 11 is 0. The molecule has 0 aromatic heterocycles. The lowest BCUT2D eigenvalue weighted by atomic mass is 9.95. The fourth-order valence-electron chi connectivity index (χ4n) is 2.32. The van der Waals surface area contributed by atoms with Crippen LogP contribution in [0.3, 0.4) is 0 Å². The van der Waals surface area contributed by atoms with Crippen LogP contribution < -0.4 is 0 Å². The molecule has 0 heterocycles. The van der Waals surface area contributed by atoms with Crippen LogP contribution in [-0.2, 0) is 0 Å². The Morgan fingerprint density at radius 2 is 0.600 bits per heavy atom. The summed E-state index contributed by atoms with van der Waals surface area (Å²) in [7, 11) is 0. The molecular weight excluding hydrogens is 320 g/mol. The molecule has 0 aliphatic heterocycles. The van der Waals surface area contributed by atoms with Crippen molar-refractivity contribution in [3.05, 3.63) is 0 Å². The highest BCUT2D eigenvalue weighted by Gasteiger charge is 2.20. The van der Waals surface area contributed by atoms with Crippen LogP contribution in [0, 0.1) is 5.41 Å². The normalized spacial score (nSPS) is 11.3. The molecule has 0 amide bonds. The molecule has 5 heteroatoms. The lowest BCUT2D eigenvalue weighted by Crippen LogP contribution is -2.29. The van der Waals surface area contributed by atoms with E-state index in [1.165, 1.54) is 70.6 Å². The van der Waals surface area contributed by atoms with E-state index in [4.69, 9.17) is 25.5 Å². The summed E-state index contributed by atoms with van der Waals surface area (Å²) in [5, 5.41) is 42.7. The predicted molar refractivity (Wildman–Crippen MR) is 104 cm³/mol. The summed E-state index contributed by atoms with van der Waals surface area (Å²) in [6, 6.07) is 0. The number of rotatable bonds is 17. The fourth-order valence-corrected chi connectivity index (χ4v) is 2.32. The van der Waals surface area contributed by atoms with Gasteiger partial charge in [-0.1, -0.05) is 77.6 Å². The number of unbranched alkanes of at least 4 members (excludes halogenated alkanes) is 12. The number of hydrogen-bond donors (Lipinski definition) is 5. The van der Waals surface area contributed by atoms with Gasteiger partial charge in [-0.2, -0.15) is 0 Å². The molecule has 0 aliphatic rings. The van der Waals surface area contributed by atoms with Gasteiger partial charge in [-0.3, -0.25) is 0 Å². The average molecular weight is 365 g/mol. The van der Waals surface area contributed by atoms with Crippen molar-refractivity contribution in [2.45, 2.75) is 90.4 Å². The topological polar surface area (TPSA) is 101 Å². The molecule has 0 spiro atoms. The van der Waals surface area contributed by atoms with Gasteiger partial charge in [0.05, 0.1) is 19.8 Å². The maximum absolute atomic E-state index is 8.63. The maximum atomic E-state index is 8.63. The number of hydrogen-bond acceptors (Lipinski definition) is 5. The molecule has 0 fully saturated rings. The zero-order valence-corrected chi connectivity index (χ0v) is 16.5. The largest absolute Gasteiger partial charge is 0.396 e. The highest BCUT2D eigenvalue weighted by molar-refractivity contribution is 4.69. The number of aliphatic hydroxyl groups is 5. The fraction of sp³-hybridized carbons (Fsp3) is 1.00. The van der Waals surface area contributed by atoms with E-state index in [2.05, 4.69) is 0 Å². The maximum Gasteiger partial charge on any atom is 0.0528 e. The first-order valence-electron chi connectivity index (χ1n) is 10.1. The molecule has 0 aliphatic carbocycles. The van der Waals surface area contributed by atoms with Crippen LogP contribution in [0.15, 0.2) is 0 Å². The Hall–Kier alpha value is -0.200. The van der Waals surface area contributed by atoms with Gasteiger partial charge in [0, 0.05) is 18.6 Å². The Kier molecular flexibility index (Phi) is 23.6. The smallest absolute Gasteiger partial charge is 0.0528 e. The van der Waals surface area contributed by atoms with Crippen molar-refractivity contribution in [3.8, 4) is 0 Å².